The minimum Gasteiger partial charge on any atom is -0.493 e. The fourth-order valence-electron chi connectivity index (χ4n) is 2.45. The zero-order valence-electron chi connectivity index (χ0n) is 13.9. The number of carbonyl (C=O) groups excluding carboxylic acids is 1. The summed E-state index contributed by atoms with van der Waals surface area (Å²) in [6.07, 6.45) is 0. The van der Waals surface area contributed by atoms with Crippen LogP contribution in [0.15, 0.2) is 30.3 Å². The second-order valence-corrected chi connectivity index (χ2v) is 5.31. The van der Waals surface area contributed by atoms with Gasteiger partial charge in [0.1, 0.15) is 5.56 Å². The summed E-state index contributed by atoms with van der Waals surface area (Å²) < 4.78 is 10.2. The molecule has 0 saturated heterocycles. The number of hydrogen-bond donors (Lipinski definition) is 1. The maximum absolute atomic E-state index is 12.5. The zero-order valence-corrected chi connectivity index (χ0v) is 13.9. The summed E-state index contributed by atoms with van der Waals surface area (Å²) in [7, 11) is 2.77. The lowest BCUT2D eigenvalue weighted by atomic mass is 10.1. The van der Waals surface area contributed by atoms with Gasteiger partial charge in [0.05, 0.1) is 25.2 Å². The van der Waals surface area contributed by atoms with Crippen LogP contribution < -0.4 is 14.8 Å². The number of hydrogen-bond acceptors (Lipinski definition) is 5. The van der Waals surface area contributed by atoms with Crippen molar-refractivity contribution >= 4 is 17.3 Å². The van der Waals surface area contributed by atoms with Crippen LogP contribution in [-0.2, 0) is 0 Å². The van der Waals surface area contributed by atoms with E-state index in [2.05, 4.69) is 5.32 Å². The molecular formula is C17H18N2O5. The van der Waals surface area contributed by atoms with Crippen LogP contribution in [-0.4, -0.2) is 25.1 Å². The summed E-state index contributed by atoms with van der Waals surface area (Å²) in [6.45, 7) is 3.81. The molecule has 7 nitrogen and oxygen atoms in total. The van der Waals surface area contributed by atoms with Gasteiger partial charge in [-0.1, -0.05) is 6.07 Å². The van der Waals surface area contributed by atoms with Gasteiger partial charge in [-0.15, -0.1) is 0 Å². The van der Waals surface area contributed by atoms with Crippen LogP contribution in [0.3, 0.4) is 0 Å². The molecule has 0 atom stereocenters. The number of nitro benzene ring substituents is 1. The van der Waals surface area contributed by atoms with E-state index in [4.69, 9.17) is 9.47 Å². The highest BCUT2D eigenvalue weighted by atomic mass is 16.6. The normalized spacial score (nSPS) is 10.2. The molecular weight excluding hydrogens is 312 g/mol. The molecule has 1 N–H and O–H groups in total. The van der Waals surface area contributed by atoms with E-state index in [1.54, 1.807) is 12.1 Å². The average molecular weight is 330 g/mol. The highest BCUT2D eigenvalue weighted by Gasteiger charge is 2.24. The number of nitro groups is 1. The second-order valence-electron chi connectivity index (χ2n) is 5.31. The molecule has 0 aromatic heterocycles. The van der Waals surface area contributed by atoms with E-state index in [1.165, 1.54) is 26.4 Å². The molecule has 0 aliphatic heterocycles. The number of ether oxygens (including phenoxy) is 2. The number of amides is 1. The molecule has 0 aliphatic carbocycles. The molecule has 0 unspecified atom stereocenters. The lowest BCUT2D eigenvalue weighted by Crippen LogP contribution is -2.14. The summed E-state index contributed by atoms with van der Waals surface area (Å²) in [5, 5.41) is 14.0. The summed E-state index contributed by atoms with van der Waals surface area (Å²) in [5.74, 6) is -0.159. The summed E-state index contributed by atoms with van der Waals surface area (Å²) in [4.78, 5) is 23.2. The third kappa shape index (κ3) is 3.62. The van der Waals surface area contributed by atoms with Gasteiger partial charge in [0.2, 0.25) is 0 Å². The minimum atomic E-state index is -0.627. The molecule has 0 saturated carbocycles. The van der Waals surface area contributed by atoms with Gasteiger partial charge in [-0.3, -0.25) is 14.9 Å². The molecule has 2 aromatic rings. The summed E-state index contributed by atoms with van der Waals surface area (Å²) >= 11 is 0. The van der Waals surface area contributed by atoms with Crippen LogP contribution in [0.1, 0.15) is 21.5 Å². The number of anilines is 1. The Hall–Kier alpha value is -3.09. The van der Waals surface area contributed by atoms with Gasteiger partial charge in [0, 0.05) is 11.8 Å². The van der Waals surface area contributed by atoms with Crippen LogP contribution in [0.25, 0.3) is 0 Å². The Morgan fingerprint density at radius 1 is 1.00 bits per heavy atom. The van der Waals surface area contributed by atoms with E-state index in [0.29, 0.717) is 5.69 Å². The summed E-state index contributed by atoms with van der Waals surface area (Å²) in [5.41, 5.74) is 2.08. The molecule has 0 aliphatic rings. The smallest absolute Gasteiger partial charge is 0.286 e. The zero-order chi connectivity index (χ0) is 17.9. The first-order valence-corrected chi connectivity index (χ1v) is 7.15. The molecule has 126 valence electrons. The molecule has 1 amide bonds. The Morgan fingerprint density at radius 3 is 2.04 bits per heavy atom. The number of nitrogens with one attached hydrogen (secondary N) is 1. The van der Waals surface area contributed by atoms with Gasteiger partial charge in [-0.05, 0) is 37.1 Å². The highest BCUT2D eigenvalue weighted by molar-refractivity contribution is 6.07. The molecule has 0 bridgehead atoms. The van der Waals surface area contributed by atoms with E-state index < -0.39 is 10.8 Å². The van der Waals surface area contributed by atoms with Crippen molar-refractivity contribution in [1.82, 2.24) is 0 Å². The molecule has 0 fully saturated rings. The topological polar surface area (TPSA) is 90.7 Å². The Balaban J connectivity index is 2.45. The van der Waals surface area contributed by atoms with E-state index in [0.717, 1.165) is 11.1 Å². The molecule has 24 heavy (non-hydrogen) atoms. The first-order valence-electron chi connectivity index (χ1n) is 7.15. The third-order valence-electron chi connectivity index (χ3n) is 3.42. The SMILES string of the molecule is COc1cc(C(=O)Nc2cc(C)cc(C)c2)c([N+](=O)[O-])cc1OC. The van der Waals surface area contributed by atoms with Crippen molar-refractivity contribution in [2.75, 3.05) is 19.5 Å². The molecule has 2 aromatic carbocycles. The van der Waals surface area contributed by atoms with E-state index in [-0.39, 0.29) is 22.7 Å². The predicted molar refractivity (Wildman–Crippen MR) is 90.1 cm³/mol. The number of rotatable bonds is 5. The van der Waals surface area contributed by atoms with E-state index >= 15 is 0 Å². The van der Waals surface area contributed by atoms with Crippen molar-refractivity contribution in [1.29, 1.82) is 0 Å². The van der Waals surface area contributed by atoms with Gasteiger partial charge in [0.25, 0.3) is 11.6 Å². The van der Waals surface area contributed by atoms with Gasteiger partial charge in [-0.25, -0.2) is 0 Å². The largest absolute Gasteiger partial charge is 0.493 e. The Kier molecular flexibility index (Phi) is 5.03. The molecule has 7 heteroatoms. The number of benzene rings is 2. The predicted octanol–water partition coefficient (Wildman–Crippen LogP) is 3.48. The standard InChI is InChI=1S/C17H18N2O5/c1-10-5-11(2)7-12(6-10)18-17(20)13-8-15(23-3)16(24-4)9-14(13)19(21)22/h5-9H,1-4H3,(H,18,20). The highest BCUT2D eigenvalue weighted by Crippen LogP contribution is 2.34. The molecule has 0 spiro atoms. The third-order valence-corrected chi connectivity index (χ3v) is 3.42. The van der Waals surface area contributed by atoms with E-state index in [1.807, 2.05) is 19.9 Å². The van der Waals surface area contributed by atoms with Crippen molar-refractivity contribution in [3.8, 4) is 11.5 Å². The Bertz CT molecular complexity index is 782. The maximum atomic E-state index is 12.5. The Labute approximate surface area is 139 Å². The van der Waals surface area contributed by atoms with Crippen molar-refractivity contribution in [3.63, 3.8) is 0 Å². The van der Waals surface area contributed by atoms with E-state index in [9.17, 15) is 14.9 Å². The number of aryl methyl sites for hydroxylation is 2. The van der Waals surface area contributed by atoms with Gasteiger partial charge < -0.3 is 14.8 Å². The molecule has 0 heterocycles. The van der Waals surface area contributed by atoms with Gasteiger partial charge in [-0.2, -0.15) is 0 Å². The quantitative estimate of drug-likeness (QED) is 0.669. The van der Waals surface area contributed by atoms with Crippen LogP contribution in [0.5, 0.6) is 11.5 Å². The van der Waals surface area contributed by atoms with Crippen molar-refractivity contribution in [2.24, 2.45) is 0 Å². The van der Waals surface area contributed by atoms with Crippen molar-refractivity contribution in [2.45, 2.75) is 13.8 Å². The Morgan fingerprint density at radius 2 is 1.54 bits per heavy atom. The van der Waals surface area contributed by atoms with Crippen molar-refractivity contribution in [3.05, 3.63) is 57.1 Å². The lowest BCUT2D eigenvalue weighted by Gasteiger charge is -2.11. The van der Waals surface area contributed by atoms with Crippen LogP contribution in [0.2, 0.25) is 0 Å². The molecule has 2 rings (SSSR count). The first kappa shape index (κ1) is 17.3. The molecule has 0 radical (unpaired) electrons. The maximum Gasteiger partial charge on any atom is 0.286 e. The monoisotopic (exact) mass is 330 g/mol. The fraction of sp³-hybridized carbons (Fsp3) is 0.235. The van der Waals surface area contributed by atoms with Crippen LogP contribution in [0.4, 0.5) is 11.4 Å². The van der Waals surface area contributed by atoms with Crippen molar-refractivity contribution < 1.29 is 19.2 Å². The number of carbonyl (C=O) groups is 1. The average Bonchev–Trinajstić information content (AvgIpc) is 2.52. The first-order chi connectivity index (χ1) is 11.3. The lowest BCUT2D eigenvalue weighted by molar-refractivity contribution is -0.385. The number of methoxy groups -OCH3 is 2. The van der Waals surface area contributed by atoms with Crippen LogP contribution in [0, 0.1) is 24.0 Å². The van der Waals surface area contributed by atoms with Gasteiger partial charge >= 0.3 is 0 Å². The van der Waals surface area contributed by atoms with Gasteiger partial charge in [0.15, 0.2) is 11.5 Å². The summed E-state index contributed by atoms with van der Waals surface area (Å²) in [6, 6.07) is 8.02. The van der Waals surface area contributed by atoms with Crippen LogP contribution >= 0.6 is 0 Å². The minimum absolute atomic E-state index is 0.100. The second kappa shape index (κ2) is 6.99. The number of nitrogens with zero attached hydrogens (tertiary/aromatic N) is 1. The fourth-order valence-corrected chi connectivity index (χ4v) is 2.45.